The number of rotatable bonds is 6. The molecule has 0 radical (unpaired) electrons. The predicted molar refractivity (Wildman–Crippen MR) is 71.6 cm³/mol. The average molecular weight is 251 g/mol. The van der Waals surface area contributed by atoms with E-state index in [2.05, 4.69) is 0 Å². The zero-order valence-corrected chi connectivity index (χ0v) is 11.2. The van der Waals surface area contributed by atoms with Crippen LogP contribution in [0.1, 0.15) is 31.4 Å². The van der Waals surface area contributed by atoms with Gasteiger partial charge in [-0.15, -0.1) is 0 Å². The Morgan fingerprint density at radius 2 is 1.94 bits per heavy atom. The third kappa shape index (κ3) is 4.37. The summed E-state index contributed by atoms with van der Waals surface area (Å²) >= 11 is 0. The molecule has 1 unspecified atom stereocenters. The molecule has 1 aromatic rings. The first-order valence-corrected chi connectivity index (χ1v) is 6.15. The molecule has 0 aliphatic rings. The number of esters is 1. The number of nitrogens with zero attached hydrogens (tertiary/aromatic N) is 1. The number of carbonyl (C=O) groups is 1. The molecule has 1 N–H and O–H groups in total. The number of hydrogen-bond donors (Lipinski definition) is 1. The van der Waals surface area contributed by atoms with Crippen LogP contribution < -0.4 is 4.90 Å². The Morgan fingerprint density at radius 1 is 1.33 bits per heavy atom. The van der Waals surface area contributed by atoms with Gasteiger partial charge in [0, 0.05) is 26.2 Å². The summed E-state index contributed by atoms with van der Waals surface area (Å²) in [6.07, 6.45) is 0.00975. The van der Waals surface area contributed by atoms with Crippen LogP contribution in [-0.2, 0) is 9.53 Å². The zero-order chi connectivity index (χ0) is 13.5. The normalized spacial score (nSPS) is 12.0. The Morgan fingerprint density at radius 3 is 2.44 bits per heavy atom. The molecule has 0 fully saturated rings. The Hall–Kier alpha value is -1.55. The van der Waals surface area contributed by atoms with E-state index in [0.717, 1.165) is 11.3 Å². The monoisotopic (exact) mass is 251 g/mol. The molecule has 0 saturated heterocycles. The van der Waals surface area contributed by atoms with Gasteiger partial charge in [-0.05, 0) is 31.0 Å². The van der Waals surface area contributed by atoms with E-state index in [1.165, 1.54) is 0 Å². The molecule has 1 rings (SSSR count). The molecule has 0 aliphatic carbocycles. The Labute approximate surface area is 108 Å². The molecule has 4 nitrogen and oxygen atoms in total. The highest BCUT2D eigenvalue weighted by atomic mass is 16.5. The van der Waals surface area contributed by atoms with Gasteiger partial charge < -0.3 is 14.7 Å². The highest BCUT2D eigenvalue weighted by molar-refractivity contribution is 5.69. The lowest BCUT2D eigenvalue weighted by molar-refractivity contribution is -0.143. The molecule has 100 valence electrons. The van der Waals surface area contributed by atoms with Crippen LogP contribution in [0.15, 0.2) is 24.3 Å². The lowest BCUT2D eigenvalue weighted by Gasteiger charge is -2.15. The molecule has 0 aromatic heterocycles. The summed E-state index contributed by atoms with van der Waals surface area (Å²) < 4.78 is 4.82. The highest BCUT2D eigenvalue weighted by Gasteiger charge is 2.11. The Balaban J connectivity index is 2.51. The van der Waals surface area contributed by atoms with Crippen LogP contribution in [0, 0.1) is 0 Å². The first-order valence-electron chi connectivity index (χ1n) is 6.15. The van der Waals surface area contributed by atoms with E-state index in [1.54, 1.807) is 6.92 Å². The number of ether oxygens (including phenoxy) is 1. The smallest absolute Gasteiger partial charge is 0.305 e. The third-order valence-electron chi connectivity index (χ3n) is 2.72. The van der Waals surface area contributed by atoms with Gasteiger partial charge in [0.05, 0.1) is 12.7 Å². The summed E-state index contributed by atoms with van der Waals surface area (Å²) in [4.78, 5) is 13.2. The van der Waals surface area contributed by atoms with Crippen molar-refractivity contribution < 1.29 is 14.6 Å². The number of anilines is 1. The lowest BCUT2D eigenvalue weighted by Crippen LogP contribution is -2.09. The van der Waals surface area contributed by atoms with Crippen LogP contribution in [0.25, 0.3) is 0 Å². The summed E-state index contributed by atoms with van der Waals surface area (Å²) in [5, 5.41) is 9.95. The molecule has 4 heteroatoms. The van der Waals surface area contributed by atoms with Gasteiger partial charge in [-0.3, -0.25) is 4.79 Å². The first kappa shape index (κ1) is 14.5. The molecule has 18 heavy (non-hydrogen) atoms. The standard InChI is InChI=1S/C14H21NO3/c1-4-18-14(17)10-9-13(16)11-5-7-12(8-6-11)15(2)3/h5-8,13,16H,4,9-10H2,1-3H3. The molecule has 0 saturated carbocycles. The van der Waals surface area contributed by atoms with Crippen molar-refractivity contribution >= 4 is 11.7 Å². The average Bonchev–Trinajstić information content (AvgIpc) is 2.36. The van der Waals surface area contributed by atoms with Gasteiger partial charge in [0.15, 0.2) is 0 Å². The van der Waals surface area contributed by atoms with Crippen LogP contribution in [0.4, 0.5) is 5.69 Å². The van der Waals surface area contributed by atoms with Crippen LogP contribution in [0.2, 0.25) is 0 Å². The number of hydrogen-bond acceptors (Lipinski definition) is 4. The molecule has 0 heterocycles. The maximum atomic E-state index is 11.2. The van der Waals surface area contributed by atoms with Crippen molar-refractivity contribution in [2.75, 3.05) is 25.6 Å². The SMILES string of the molecule is CCOC(=O)CCC(O)c1ccc(N(C)C)cc1. The first-order chi connectivity index (χ1) is 8.54. The van der Waals surface area contributed by atoms with Crippen molar-refractivity contribution in [3.8, 4) is 0 Å². The number of aliphatic hydroxyl groups is 1. The Kier molecular flexibility index (Phi) is 5.65. The summed E-state index contributed by atoms with van der Waals surface area (Å²) in [7, 11) is 3.93. The minimum absolute atomic E-state index is 0.241. The van der Waals surface area contributed by atoms with E-state index >= 15 is 0 Å². The van der Waals surface area contributed by atoms with E-state index in [1.807, 2.05) is 43.3 Å². The lowest BCUT2D eigenvalue weighted by atomic mass is 10.0. The highest BCUT2D eigenvalue weighted by Crippen LogP contribution is 2.21. The second-order valence-electron chi connectivity index (χ2n) is 4.35. The minimum Gasteiger partial charge on any atom is -0.466 e. The van der Waals surface area contributed by atoms with Crippen molar-refractivity contribution in [2.24, 2.45) is 0 Å². The van der Waals surface area contributed by atoms with Crippen LogP contribution in [-0.4, -0.2) is 31.8 Å². The van der Waals surface area contributed by atoms with E-state index < -0.39 is 6.10 Å². The molecule has 0 aliphatic heterocycles. The fourth-order valence-electron chi connectivity index (χ4n) is 1.65. The van der Waals surface area contributed by atoms with Crippen molar-refractivity contribution in [2.45, 2.75) is 25.9 Å². The van der Waals surface area contributed by atoms with Crippen molar-refractivity contribution in [1.29, 1.82) is 0 Å². The van der Waals surface area contributed by atoms with E-state index in [4.69, 9.17) is 4.74 Å². The zero-order valence-electron chi connectivity index (χ0n) is 11.2. The van der Waals surface area contributed by atoms with Gasteiger partial charge in [-0.1, -0.05) is 12.1 Å². The van der Waals surface area contributed by atoms with Gasteiger partial charge in [-0.2, -0.15) is 0 Å². The molecule has 1 aromatic carbocycles. The Bertz CT molecular complexity index is 373. The quantitative estimate of drug-likeness (QED) is 0.787. The minimum atomic E-state index is -0.620. The molecular formula is C14H21NO3. The summed E-state index contributed by atoms with van der Waals surface area (Å²) in [6, 6.07) is 7.65. The fourth-order valence-corrected chi connectivity index (χ4v) is 1.65. The topological polar surface area (TPSA) is 49.8 Å². The number of aliphatic hydroxyl groups excluding tert-OH is 1. The largest absolute Gasteiger partial charge is 0.466 e. The van der Waals surface area contributed by atoms with Gasteiger partial charge in [0.25, 0.3) is 0 Å². The van der Waals surface area contributed by atoms with Crippen LogP contribution in [0.3, 0.4) is 0 Å². The summed E-state index contributed by atoms with van der Waals surface area (Å²) in [5.41, 5.74) is 1.90. The van der Waals surface area contributed by atoms with E-state index in [9.17, 15) is 9.90 Å². The van der Waals surface area contributed by atoms with Crippen LogP contribution in [0.5, 0.6) is 0 Å². The second-order valence-corrected chi connectivity index (χ2v) is 4.35. The van der Waals surface area contributed by atoms with Crippen molar-refractivity contribution in [1.82, 2.24) is 0 Å². The van der Waals surface area contributed by atoms with Crippen molar-refractivity contribution in [3.63, 3.8) is 0 Å². The molecule has 0 amide bonds. The number of carbonyl (C=O) groups excluding carboxylic acids is 1. The van der Waals surface area contributed by atoms with Crippen molar-refractivity contribution in [3.05, 3.63) is 29.8 Å². The predicted octanol–water partition coefficient (Wildman–Crippen LogP) is 2.13. The van der Waals surface area contributed by atoms with E-state index in [0.29, 0.717) is 13.0 Å². The summed E-state index contributed by atoms with van der Waals surface area (Å²) in [5.74, 6) is -0.263. The third-order valence-corrected chi connectivity index (χ3v) is 2.72. The van der Waals surface area contributed by atoms with Crippen LogP contribution >= 0.6 is 0 Å². The molecular weight excluding hydrogens is 230 g/mol. The molecule has 0 spiro atoms. The van der Waals surface area contributed by atoms with Gasteiger partial charge >= 0.3 is 5.97 Å². The van der Waals surface area contributed by atoms with Gasteiger partial charge in [0.2, 0.25) is 0 Å². The van der Waals surface area contributed by atoms with Gasteiger partial charge in [0.1, 0.15) is 0 Å². The second kappa shape index (κ2) is 7.01. The maximum absolute atomic E-state index is 11.2. The molecule has 0 bridgehead atoms. The number of benzene rings is 1. The molecule has 1 atom stereocenters. The van der Waals surface area contributed by atoms with Gasteiger partial charge in [-0.25, -0.2) is 0 Å². The fraction of sp³-hybridized carbons (Fsp3) is 0.500. The summed E-state index contributed by atoms with van der Waals surface area (Å²) in [6.45, 7) is 2.15. The maximum Gasteiger partial charge on any atom is 0.305 e. The van der Waals surface area contributed by atoms with E-state index in [-0.39, 0.29) is 12.4 Å².